The van der Waals surface area contributed by atoms with Gasteiger partial charge in [-0.3, -0.25) is 0 Å². The van der Waals surface area contributed by atoms with Crippen molar-refractivity contribution in [1.29, 1.82) is 0 Å². The summed E-state index contributed by atoms with van der Waals surface area (Å²) >= 11 is 11.2. The topological polar surface area (TPSA) is 17.8 Å². The van der Waals surface area contributed by atoms with Crippen molar-refractivity contribution in [2.75, 3.05) is 0 Å². The summed E-state index contributed by atoms with van der Waals surface area (Å²) in [4.78, 5) is 0. The van der Waals surface area contributed by atoms with E-state index in [1.807, 2.05) is 0 Å². The molecular weight excluding hydrogens is 288 g/mol. The summed E-state index contributed by atoms with van der Waals surface area (Å²) in [6.45, 7) is 0. The zero-order valence-electron chi connectivity index (χ0n) is 8.88. The third-order valence-corrected chi connectivity index (χ3v) is 2.80. The van der Waals surface area contributed by atoms with Crippen molar-refractivity contribution in [3.63, 3.8) is 0 Å². The first-order valence-electron chi connectivity index (χ1n) is 4.89. The highest BCUT2D eigenvalue weighted by Gasteiger charge is 2.34. The van der Waals surface area contributed by atoms with E-state index in [1.54, 1.807) is 6.07 Å². The molecule has 0 aliphatic carbocycles. The first-order valence-corrected chi connectivity index (χ1v) is 5.80. The van der Waals surface area contributed by atoms with Gasteiger partial charge in [-0.05, 0) is 24.3 Å². The first kappa shape index (κ1) is 13.2. The zero-order valence-corrected chi connectivity index (χ0v) is 10.4. The minimum Gasteiger partial charge on any atom is -0.240 e. The Morgan fingerprint density at radius 2 is 1.94 bits per heavy atom. The number of aromatic nitrogens is 2. The molecule has 2 nitrogen and oxygen atoms in total. The van der Waals surface area contributed by atoms with Crippen LogP contribution in [0.25, 0.3) is 5.69 Å². The van der Waals surface area contributed by atoms with Crippen LogP contribution in [-0.4, -0.2) is 9.78 Å². The molecule has 2 rings (SSSR count). The van der Waals surface area contributed by atoms with Gasteiger partial charge in [0.2, 0.25) is 0 Å². The van der Waals surface area contributed by atoms with Gasteiger partial charge in [-0.15, -0.1) is 11.6 Å². The lowest BCUT2D eigenvalue weighted by Gasteiger charge is -2.13. The second kappa shape index (κ2) is 4.82. The summed E-state index contributed by atoms with van der Waals surface area (Å²) in [7, 11) is 0. The molecule has 0 radical (unpaired) electrons. The SMILES string of the molecule is FC(F)(F)c1cc(Cl)ccc1-n1ccc(CCl)n1. The Bertz CT molecular complexity index is 564. The van der Waals surface area contributed by atoms with E-state index in [0.29, 0.717) is 5.69 Å². The molecule has 1 aromatic carbocycles. The molecule has 96 valence electrons. The largest absolute Gasteiger partial charge is 0.418 e. The van der Waals surface area contributed by atoms with Crippen LogP contribution in [0.4, 0.5) is 13.2 Å². The lowest BCUT2D eigenvalue weighted by Crippen LogP contribution is -2.11. The van der Waals surface area contributed by atoms with Crippen LogP contribution in [0, 0.1) is 0 Å². The third-order valence-electron chi connectivity index (χ3n) is 2.29. The van der Waals surface area contributed by atoms with Gasteiger partial charge in [0.15, 0.2) is 0 Å². The molecule has 0 saturated carbocycles. The Morgan fingerprint density at radius 1 is 1.22 bits per heavy atom. The minimum absolute atomic E-state index is 0.0239. The van der Waals surface area contributed by atoms with Crippen LogP contribution < -0.4 is 0 Å². The van der Waals surface area contributed by atoms with Gasteiger partial charge in [-0.2, -0.15) is 18.3 Å². The summed E-state index contributed by atoms with van der Waals surface area (Å²) < 4.78 is 39.8. The fraction of sp³-hybridized carbons (Fsp3) is 0.182. The number of nitrogens with zero attached hydrogens (tertiary/aromatic N) is 2. The van der Waals surface area contributed by atoms with Crippen LogP contribution in [0.2, 0.25) is 5.02 Å². The predicted molar refractivity (Wildman–Crippen MR) is 63.1 cm³/mol. The zero-order chi connectivity index (χ0) is 13.3. The van der Waals surface area contributed by atoms with Gasteiger partial charge in [0.05, 0.1) is 22.8 Å². The van der Waals surface area contributed by atoms with E-state index in [1.165, 1.54) is 18.3 Å². The number of rotatable bonds is 2. The molecule has 0 amide bonds. The van der Waals surface area contributed by atoms with E-state index in [2.05, 4.69) is 5.10 Å². The quantitative estimate of drug-likeness (QED) is 0.756. The fourth-order valence-corrected chi connectivity index (χ4v) is 1.82. The maximum absolute atomic E-state index is 12.9. The second-order valence-electron chi connectivity index (χ2n) is 3.54. The molecule has 0 aliphatic rings. The van der Waals surface area contributed by atoms with E-state index >= 15 is 0 Å². The molecule has 0 unspecified atom stereocenters. The Kier molecular flexibility index (Phi) is 3.54. The van der Waals surface area contributed by atoms with Crippen LogP contribution in [-0.2, 0) is 12.1 Å². The van der Waals surface area contributed by atoms with Gasteiger partial charge in [0, 0.05) is 11.2 Å². The molecule has 0 fully saturated rings. The number of hydrogen-bond donors (Lipinski definition) is 0. The highest BCUT2D eigenvalue weighted by atomic mass is 35.5. The molecular formula is C11H7Cl2F3N2. The third kappa shape index (κ3) is 2.62. The van der Waals surface area contributed by atoms with Crippen molar-refractivity contribution in [2.45, 2.75) is 12.1 Å². The predicted octanol–water partition coefficient (Wildman–Crippen LogP) is 4.28. The highest BCUT2D eigenvalue weighted by Crippen LogP contribution is 2.35. The highest BCUT2D eigenvalue weighted by molar-refractivity contribution is 6.30. The molecule has 0 aliphatic heterocycles. The van der Waals surface area contributed by atoms with Crippen LogP contribution >= 0.6 is 23.2 Å². The lowest BCUT2D eigenvalue weighted by atomic mass is 10.1. The van der Waals surface area contributed by atoms with Crippen molar-refractivity contribution >= 4 is 23.2 Å². The monoisotopic (exact) mass is 294 g/mol. The van der Waals surface area contributed by atoms with Gasteiger partial charge in [0.25, 0.3) is 0 Å². The molecule has 0 atom stereocenters. The summed E-state index contributed by atoms with van der Waals surface area (Å²) in [5.74, 6) is 0.141. The molecule has 18 heavy (non-hydrogen) atoms. The Morgan fingerprint density at radius 3 is 2.50 bits per heavy atom. The number of alkyl halides is 4. The van der Waals surface area contributed by atoms with Crippen LogP contribution in [0.1, 0.15) is 11.3 Å². The average Bonchev–Trinajstić information content (AvgIpc) is 2.76. The molecule has 2 aromatic rings. The normalized spacial score (nSPS) is 11.8. The molecule has 0 saturated heterocycles. The number of benzene rings is 1. The Hall–Kier alpha value is -1.20. The van der Waals surface area contributed by atoms with Crippen molar-refractivity contribution < 1.29 is 13.2 Å². The number of halogens is 5. The van der Waals surface area contributed by atoms with Crippen LogP contribution in [0.5, 0.6) is 0 Å². The van der Waals surface area contributed by atoms with E-state index < -0.39 is 11.7 Å². The fourth-order valence-electron chi connectivity index (χ4n) is 1.50. The Labute approximate surface area is 111 Å². The molecule has 1 heterocycles. The maximum atomic E-state index is 12.9. The molecule has 0 N–H and O–H groups in total. The summed E-state index contributed by atoms with van der Waals surface area (Å²) in [6.07, 6.45) is -3.07. The summed E-state index contributed by atoms with van der Waals surface area (Å²) in [5.41, 5.74) is -0.415. The first-order chi connectivity index (χ1) is 8.41. The van der Waals surface area contributed by atoms with E-state index in [4.69, 9.17) is 23.2 Å². The summed E-state index contributed by atoms with van der Waals surface area (Å²) in [6, 6.07) is 5.09. The van der Waals surface area contributed by atoms with E-state index in [9.17, 15) is 13.2 Å². The molecule has 0 bridgehead atoms. The van der Waals surface area contributed by atoms with Gasteiger partial charge in [0.1, 0.15) is 0 Å². The standard InChI is InChI=1S/C11H7Cl2F3N2/c12-6-8-3-4-18(17-8)10-2-1-7(13)5-9(10)11(14,15)16/h1-5H,6H2. The minimum atomic E-state index is -4.49. The van der Waals surface area contributed by atoms with Gasteiger partial charge in [-0.25, -0.2) is 4.68 Å². The van der Waals surface area contributed by atoms with E-state index in [0.717, 1.165) is 10.7 Å². The smallest absolute Gasteiger partial charge is 0.240 e. The number of hydrogen-bond acceptors (Lipinski definition) is 1. The van der Waals surface area contributed by atoms with Crippen molar-refractivity contribution in [3.05, 3.63) is 46.7 Å². The van der Waals surface area contributed by atoms with Crippen molar-refractivity contribution in [1.82, 2.24) is 9.78 Å². The van der Waals surface area contributed by atoms with E-state index in [-0.39, 0.29) is 16.6 Å². The molecule has 1 aromatic heterocycles. The van der Waals surface area contributed by atoms with Gasteiger partial charge in [-0.1, -0.05) is 11.6 Å². The molecule has 0 spiro atoms. The van der Waals surface area contributed by atoms with Crippen LogP contribution in [0.15, 0.2) is 30.5 Å². The van der Waals surface area contributed by atoms with Crippen molar-refractivity contribution in [2.24, 2.45) is 0 Å². The van der Waals surface area contributed by atoms with Gasteiger partial charge < -0.3 is 0 Å². The van der Waals surface area contributed by atoms with Gasteiger partial charge >= 0.3 is 6.18 Å². The second-order valence-corrected chi connectivity index (χ2v) is 4.25. The average molecular weight is 295 g/mol. The Balaban J connectivity index is 2.56. The van der Waals surface area contributed by atoms with Crippen molar-refractivity contribution in [3.8, 4) is 5.69 Å². The van der Waals surface area contributed by atoms with Crippen LogP contribution in [0.3, 0.4) is 0 Å². The summed E-state index contributed by atoms with van der Waals surface area (Å²) in [5, 5.41) is 3.97. The maximum Gasteiger partial charge on any atom is 0.418 e. The lowest BCUT2D eigenvalue weighted by molar-refractivity contribution is -0.137. The molecule has 7 heteroatoms.